The number of hydrogen-bond acceptors (Lipinski definition) is 4. The largest absolute Gasteiger partial charge is 0.377 e. The summed E-state index contributed by atoms with van der Waals surface area (Å²) >= 11 is 0. The molecule has 0 heterocycles. The van der Waals surface area contributed by atoms with Crippen molar-refractivity contribution in [3.8, 4) is 0 Å². The molecule has 0 amide bonds. The molecule has 0 aromatic rings. The van der Waals surface area contributed by atoms with Crippen molar-refractivity contribution >= 4 is 0 Å². The summed E-state index contributed by atoms with van der Waals surface area (Å²) in [5.41, 5.74) is 0. The van der Waals surface area contributed by atoms with Crippen LogP contribution in [0.4, 0.5) is 0 Å². The van der Waals surface area contributed by atoms with Gasteiger partial charge >= 0.3 is 0 Å². The molecule has 0 aliphatic heterocycles. The Morgan fingerprint density at radius 1 is 1.44 bits per heavy atom. The normalized spacial score (nSPS) is 31.5. The first-order chi connectivity index (χ1) is 7.58. The van der Waals surface area contributed by atoms with Gasteiger partial charge in [0.2, 0.25) is 0 Å². The minimum atomic E-state index is 0.213. The minimum absolute atomic E-state index is 0.213. The van der Waals surface area contributed by atoms with Gasteiger partial charge in [0.15, 0.2) is 0 Å². The van der Waals surface area contributed by atoms with Gasteiger partial charge in [-0.25, -0.2) is 0 Å². The van der Waals surface area contributed by atoms with Crippen LogP contribution in [0, 0.1) is 0 Å². The van der Waals surface area contributed by atoms with E-state index in [2.05, 4.69) is 31.2 Å². The third-order valence-electron chi connectivity index (χ3n) is 3.04. The van der Waals surface area contributed by atoms with Gasteiger partial charge in [0.1, 0.15) is 0 Å². The fourth-order valence-electron chi connectivity index (χ4n) is 2.40. The van der Waals surface area contributed by atoms with Gasteiger partial charge in [0, 0.05) is 32.3 Å². The SMILES string of the molecule is CCOC1CC(NC(C)CN(C)C)C1OC. The van der Waals surface area contributed by atoms with E-state index >= 15 is 0 Å². The second-order valence-electron chi connectivity index (χ2n) is 4.87. The van der Waals surface area contributed by atoms with Crippen LogP contribution in [0.2, 0.25) is 0 Å². The van der Waals surface area contributed by atoms with Gasteiger partial charge in [0.05, 0.1) is 12.2 Å². The molecule has 1 fully saturated rings. The van der Waals surface area contributed by atoms with Crippen molar-refractivity contribution < 1.29 is 9.47 Å². The van der Waals surface area contributed by atoms with E-state index in [4.69, 9.17) is 9.47 Å². The van der Waals surface area contributed by atoms with Crippen molar-refractivity contribution in [3.63, 3.8) is 0 Å². The van der Waals surface area contributed by atoms with Crippen LogP contribution in [0.15, 0.2) is 0 Å². The molecule has 4 nitrogen and oxygen atoms in total. The van der Waals surface area contributed by atoms with Gasteiger partial charge in [-0.3, -0.25) is 0 Å². The van der Waals surface area contributed by atoms with Crippen molar-refractivity contribution in [2.24, 2.45) is 0 Å². The summed E-state index contributed by atoms with van der Waals surface area (Å²) in [6.45, 7) is 6.06. The van der Waals surface area contributed by atoms with Gasteiger partial charge in [-0.1, -0.05) is 0 Å². The lowest BCUT2D eigenvalue weighted by Gasteiger charge is -2.44. The van der Waals surface area contributed by atoms with Crippen LogP contribution < -0.4 is 5.32 Å². The van der Waals surface area contributed by atoms with E-state index in [1.54, 1.807) is 7.11 Å². The number of methoxy groups -OCH3 is 1. The quantitative estimate of drug-likeness (QED) is 0.699. The summed E-state index contributed by atoms with van der Waals surface area (Å²) in [7, 11) is 5.95. The summed E-state index contributed by atoms with van der Waals surface area (Å²) in [5.74, 6) is 0. The fourth-order valence-corrected chi connectivity index (χ4v) is 2.40. The Hall–Kier alpha value is -0.160. The van der Waals surface area contributed by atoms with Crippen LogP contribution >= 0.6 is 0 Å². The number of rotatable bonds is 7. The van der Waals surface area contributed by atoms with Gasteiger partial charge < -0.3 is 19.7 Å². The van der Waals surface area contributed by atoms with Crippen molar-refractivity contribution in [2.45, 2.75) is 44.6 Å². The van der Waals surface area contributed by atoms with Gasteiger partial charge in [-0.2, -0.15) is 0 Å². The van der Waals surface area contributed by atoms with E-state index in [0.29, 0.717) is 12.1 Å². The minimum Gasteiger partial charge on any atom is -0.377 e. The van der Waals surface area contributed by atoms with E-state index in [1.165, 1.54) is 0 Å². The molecule has 1 aliphatic carbocycles. The summed E-state index contributed by atoms with van der Waals surface area (Å²) in [6.07, 6.45) is 1.55. The predicted octanol–water partition coefficient (Wildman–Crippen LogP) is 0.719. The molecule has 0 saturated heterocycles. The lowest BCUT2D eigenvalue weighted by atomic mass is 9.84. The summed E-state index contributed by atoms with van der Waals surface area (Å²) in [6, 6.07) is 0.928. The molecule has 16 heavy (non-hydrogen) atoms. The first kappa shape index (κ1) is 13.9. The Kier molecular flexibility index (Phi) is 5.69. The molecule has 1 rings (SSSR count). The maximum atomic E-state index is 5.60. The van der Waals surface area contributed by atoms with E-state index in [9.17, 15) is 0 Å². The molecular formula is C12H26N2O2. The van der Waals surface area contributed by atoms with E-state index < -0.39 is 0 Å². The van der Waals surface area contributed by atoms with Crippen molar-refractivity contribution in [1.29, 1.82) is 0 Å². The zero-order valence-corrected chi connectivity index (χ0v) is 11.2. The van der Waals surface area contributed by atoms with Crippen LogP contribution in [-0.4, -0.2) is 63.5 Å². The molecule has 0 radical (unpaired) electrons. The molecule has 0 aromatic carbocycles. The lowest BCUT2D eigenvalue weighted by Crippen LogP contribution is -2.62. The number of ether oxygens (including phenoxy) is 2. The van der Waals surface area contributed by atoms with Gasteiger partial charge in [-0.15, -0.1) is 0 Å². The highest BCUT2D eigenvalue weighted by Crippen LogP contribution is 2.27. The molecule has 1 saturated carbocycles. The van der Waals surface area contributed by atoms with Crippen molar-refractivity contribution in [2.75, 3.05) is 34.4 Å². The maximum absolute atomic E-state index is 5.60. The molecule has 0 spiro atoms. The lowest BCUT2D eigenvalue weighted by molar-refractivity contribution is -0.133. The molecule has 96 valence electrons. The first-order valence-corrected chi connectivity index (χ1v) is 6.13. The number of likely N-dealkylation sites (N-methyl/N-ethyl adjacent to an activating group) is 1. The van der Waals surface area contributed by atoms with Crippen molar-refractivity contribution in [1.82, 2.24) is 10.2 Å². The third kappa shape index (κ3) is 3.70. The second kappa shape index (κ2) is 6.55. The Balaban J connectivity index is 2.28. The monoisotopic (exact) mass is 230 g/mol. The Labute approximate surface area is 99.3 Å². The summed E-state index contributed by atoms with van der Waals surface area (Å²) in [5, 5.41) is 3.59. The number of nitrogens with zero attached hydrogens (tertiary/aromatic N) is 1. The van der Waals surface area contributed by atoms with Crippen molar-refractivity contribution in [3.05, 3.63) is 0 Å². The Morgan fingerprint density at radius 3 is 2.62 bits per heavy atom. The highest BCUT2D eigenvalue weighted by atomic mass is 16.5. The smallest absolute Gasteiger partial charge is 0.0986 e. The van der Waals surface area contributed by atoms with Gasteiger partial charge in [0.25, 0.3) is 0 Å². The molecule has 4 atom stereocenters. The number of nitrogens with one attached hydrogen (secondary N) is 1. The molecule has 0 bridgehead atoms. The predicted molar refractivity (Wildman–Crippen MR) is 65.8 cm³/mol. The first-order valence-electron chi connectivity index (χ1n) is 6.13. The highest BCUT2D eigenvalue weighted by molar-refractivity contribution is 4.98. The third-order valence-corrected chi connectivity index (χ3v) is 3.04. The Bertz CT molecular complexity index is 199. The zero-order valence-electron chi connectivity index (χ0n) is 11.2. The van der Waals surface area contributed by atoms with Crippen LogP contribution in [-0.2, 0) is 9.47 Å². The Morgan fingerprint density at radius 2 is 2.12 bits per heavy atom. The molecule has 4 heteroatoms. The standard InChI is InChI=1S/C12H26N2O2/c1-6-16-11-7-10(12(11)15-5)13-9(2)8-14(3)4/h9-13H,6-8H2,1-5H3. The molecule has 1 aliphatic rings. The summed E-state index contributed by atoms with van der Waals surface area (Å²) < 4.78 is 11.1. The van der Waals surface area contributed by atoms with Crippen LogP contribution in [0.25, 0.3) is 0 Å². The van der Waals surface area contributed by atoms with Gasteiger partial charge in [-0.05, 0) is 34.4 Å². The molecule has 1 N–H and O–H groups in total. The molecule has 0 aromatic heterocycles. The number of hydrogen-bond donors (Lipinski definition) is 1. The zero-order chi connectivity index (χ0) is 12.1. The van der Waals surface area contributed by atoms with E-state index in [0.717, 1.165) is 19.6 Å². The van der Waals surface area contributed by atoms with E-state index in [-0.39, 0.29) is 12.2 Å². The van der Waals surface area contributed by atoms with Crippen LogP contribution in [0.1, 0.15) is 20.3 Å². The van der Waals surface area contributed by atoms with E-state index in [1.807, 2.05) is 6.92 Å². The highest BCUT2D eigenvalue weighted by Gasteiger charge is 2.42. The topological polar surface area (TPSA) is 33.7 Å². The molecule has 4 unspecified atom stereocenters. The fraction of sp³-hybridized carbons (Fsp3) is 1.00. The average Bonchev–Trinajstić information content (AvgIpc) is 2.15. The second-order valence-corrected chi connectivity index (χ2v) is 4.87. The molecular weight excluding hydrogens is 204 g/mol. The average molecular weight is 230 g/mol. The maximum Gasteiger partial charge on any atom is 0.0986 e. The summed E-state index contributed by atoms with van der Waals surface area (Å²) in [4.78, 5) is 2.19. The van der Waals surface area contributed by atoms with Crippen LogP contribution in [0.3, 0.4) is 0 Å². The van der Waals surface area contributed by atoms with Crippen LogP contribution in [0.5, 0.6) is 0 Å².